The van der Waals surface area contributed by atoms with Gasteiger partial charge in [0.1, 0.15) is 10.4 Å². The molecule has 0 aliphatic heterocycles. The highest BCUT2D eigenvalue weighted by Crippen LogP contribution is 2.43. The van der Waals surface area contributed by atoms with Crippen LogP contribution in [0.3, 0.4) is 0 Å². The standard InChI is InChI=1S/C17H18BrN3O/c1-9-17(20-14(10-6-7-10)16(18)19-9)21-15-12-5-3-2-4-11(12)8-13(15)22/h2-5,10,13,15,22H,6-8H2,1H3,(H,20,21)/t13-,15+/m0/s1. The fourth-order valence-electron chi connectivity index (χ4n) is 3.15. The van der Waals surface area contributed by atoms with Crippen LogP contribution >= 0.6 is 15.9 Å². The predicted molar refractivity (Wildman–Crippen MR) is 89.0 cm³/mol. The maximum Gasteiger partial charge on any atom is 0.148 e. The molecular weight excluding hydrogens is 342 g/mol. The molecule has 0 amide bonds. The van der Waals surface area contributed by atoms with Crippen LogP contribution in [0.4, 0.5) is 5.82 Å². The second-order valence-corrected chi connectivity index (χ2v) is 6.95. The average Bonchev–Trinajstić information content (AvgIpc) is 3.27. The molecule has 2 aliphatic carbocycles. The maximum atomic E-state index is 10.4. The number of halogens is 1. The van der Waals surface area contributed by atoms with E-state index in [0.29, 0.717) is 12.3 Å². The van der Waals surface area contributed by atoms with Crippen LogP contribution in [0.2, 0.25) is 0 Å². The number of hydrogen-bond donors (Lipinski definition) is 2. The molecule has 5 heteroatoms. The lowest BCUT2D eigenvalue weighted by molar-refractivity contribution is 0.165. The van der Waals surface area contributed by atoms with Crippen molar-refractivity contribution in [2.24, 2.45) is 0 Å². The topological polar surface area (TPSA) is 58.0 Å². The van der Waals surface area contributed by atoms with Gasteiger partial charge < -0.3 is 10.4 Å². The molecular formula is C17H18BrN3O. The Morgan fingerprint density at radius 1 is 1.23 bits per heavy atom. The molecule has 0 radical (unpaired) electrons. The van der Waals surface area contributed by atoms with Gasteiger partial charge in [-0.1, -0.05) is 24.3 Å². The molecule has 4 nitrogen and oxygen atoms in total. The first-order valence-corrected chi connectivity index (χ1v) is 8.49. The van der Waals surface area contributed by atoms with E-state index in [0.717, 1.165) is 27.4 Å². The summed E-state index contributed by atoms with van der Waals surface area (Å²) in [4.78, 5) is 9.34. The van der Waals surface area contributed by atoms with Gasteiger partial charge in [-0.2, -0.15) is 0 Å². The molecule has 0 spiro atoms. The summed E-state index contributed by atoms with van der Waals surface area (Å²) in [6.45, 7) is 1.95. The zero-order valence-electron chi connectivity index (χ0n) is 12.4. The van der Waals surface area contributed by atoms with Gasteiger partial charge in [0.25, 0.3) is 0 Å². The molecule has 0 bridgehead atoms. The molecule has 114 valence electrons. The first kappa shape index (κ1) is 14.2. The number of rotatable bonds is 3. The number of aryl methyl sites for hydroxylation is 1. The molecule has 2 aromatic rings. The zero-order valence-corrected chi connectivity index (χ0v) is 14.0. The quantitative estimate of drug-likeness (QED) is 0.880. The number of aromatic nitrogens is 2. The second kappa shape index (κ2) is 5.32. The minimum Gasteiger partial charge on any atom is -0.390 e. The highest BCUT2D eigenvalue weighted by atomic mass is 79.9. The van der Waals surface area contributed by atoms with Crippen LogP contribution < -0.4 is 5.32 Å². The zero-order chi connectivity index (χ0) is 15.3. The van der Waals surface area contributed by atoms with E-state index in [1.54, 1.807) is 0 Å². The van der Waals surface area contributed by atoms with Crippen molar-refractivity contribution in [1.29, 1.82) is 0 Å². The maximum absolute atomic E-state index is 10.4. The van der Waals surface area contributed by atoms with E-state index >= 15 is 0 Å². The van der Waals surface area contributed by atoms with Gasteiger partial charge >= 0.3 is 0 Å². The molecule has 2 atom stereocenters. The van der Waals surface area contributed by atoms with Crippen molar-refractivity contribution in [2.75, 3.05) is 5.32 Å². The van der Waals surface area contributed by atoms with Gasteiger partial charge in [0.05, 0.1) is 23.5 Å². The van der Waals surface area contributed by atoms with Gasteiger partial charge in [-0.25, -0.2) is 9.97 Å². The largest absolute Gasteiger partial charge is 0.390 e. The van der Waals surface area contributed by atoms with Crippen molar-refractivity contribution in [3.05, 3.63) is 51.4 Å². The molecule has 4 rings (SSSR count). The molecule has 22 heavy (non-hydrogen) atoms. The van der Waals surface area contributed by atoms with E-state index in [1.165, 1.54) is 18.4 Å². The van der Waals surface area contributed by atoms with Crippen molar-refractivity contribution >= 4 is 21.7 Å². The number of aliphatic hydroxyl groups is 1. The minimum absolute atomic E-state index is 0.113. The predicted octanol–water partition coefficient (Wildman–Crippen LogP) is 3.50. The Morgan fingerprint density at radius 3 is 2.77 bits per heavy atom. The molecule has 1 aromatic carbocycles. The Labute approximate surface area is 138 Å². The number of fused-ring (bicyclic) bond motifs is 1. The Hall–Kier alpha value is -1.46. The van der Waals surface area contributed by atoms with E-state index in [1.807, 2.05) is 19.1 Å². The number of nitrogens with zero attached hydrogens (tertiary/aromatic N) is 2. The summed E-state index contributed by atoms with van der Waals surface area (Å²) < 4.78 is 0.852. The molecule has 1 saturated carbocycles. The van der Waals surface area contributed by atoms with Crippen LogP contribution in [-0.2, 0) is 6.42 Å². The van der Waals surface area contributed by atoms with Gasteiger partial charge in [0.2, 0.25) is 0 Å². The van der Waals surface area contributed by atoms with Crippen LogP contribution in [0.25, 0.3) is 0 Å². The van der Waals surface area contributed by atoms with Crippen LogP contribution in [0, 0.1) is 6.92 Å². The van der Waals surface area contributed by atoms with Gasteiger partial charge in [-0.15, -0.1) is 0 Å². The number of hydrogen-bond acceptors (Lipinski definition) is 4. The molecule has 2 N–H and O–H groups in total. The van der Waals surface area contributed by atoms with Crippen molar-refractivity contribution in [1.82, 2.24) is 9.97 Å². The third-order valence-electron chi connectivity index (χ3n) is 4.51. The fraction of sp³-hybridized carbons (Fsp3) is 0.412. The number of anilines is 1. The fourth-order valence-corrected chi connectivity index (χ4v) is 3.83. The Balaban J connectivity index is 1.67. The Bertz CT molecular complexity index is 730. The summed E-state index contributed by atoms with van der Waals surface area (Å²) in [7, 11) is 0. The van der Waals surface area contributed by atoms with E-state index < -0.39 is 6.10 Å². The van der Waals surface area contributed by atoms with Gasteiger partial charge in [-0.3, -0.25) is 0 Å². The lowest BCUT2D eigenvalue weighted by atomic mass is 10.1. The van der Waals surface area contributed by atoms with Crippen molar-refractivity contribution in [3.8, 4) is 0 Å². The van der Waals surface area contributed by atoms with Crippen LogP contribution in [-0.4, -0.2) is 21.2 Å². The Morgan fingerprint density at radius 2 is 2.00 bits per heavy atom. The first-order chi connectivity index (χ1) is 10.6. The van der Waals surface area contributed by atoms with E-state index in [4.69, 9.17) is 4.98 Å². The van der Waals surface area contributed by atoms with Crippen LogP contribution in [0.15, 0.2) is 28.9 Å². The smallest absolute Gasteiger partial charge is 0.148 e. The molecule has 1 aromatic heterocycles. The number of benzene rings is 1. The van der Waals surface area contributed by atoms with E-state index in [-0.39, 0.29) is 6.04 Å². The third-order valence-corrected chi connectivity index (χ3v) is 5.10. The normalized spacial score (nSPS) is 23.4. The summed E-state index contributed by atoms with van der Waals surface area (Å²) in [6.07, 6.45) is 2.63. The minimum atomic E-state index is -0.424. The second-order valence-electron chi connectivity index (χ2n) is 6.20. The highest BCUT2D eigenvalue weighted by Gasteiger charge is 2.33. The average molecular weight is 360 g/mol. The summed E-state index contributed by atoms with van der Waals surface area (Å²) in [5, 5.41) is 13.8. The lowest BCUT2D eigenvalue weighted by Crippen LogP contribution is -2.22. The molecule has 1 fully saturated rings. The van der Waals surface area contributed by atoms with Crippen molar-refractivity contribution in [2.45, 2.75) is 44.2 Å². The summed E-state index contributed by atoms with van der Waals surface area (Å²) in [6, 6.07) is 8.07. The van der Waals surface area contributed by atoms with Gasteiger partial charge in [-0.05, 0) is 46.8 Å². The molecule has 0 unspecified atom stereocenters. The van der Waals surface area contributed by atoms with Crippen molar-refractivity contribution < 1.29 is 5.11 Å². The number of aliphatic hydroxyl groups excluding tert-OH is 1. The van der Waals surface area contributed by atoms with Gasteiger partial charge in [0.15, 0.2) is 0 Å². The highest BCUT2D eigenvalue weighted by molar-refractivity contribution is 9.10. The van der Waals surface area contributed by atoms with E-state index in [9.17, 15) is 5.11 Å². The summed E-state index contributed by atoms with van der Waals surface area (Å²) in [5.41, 5.74) is 4.26. The third kappa shape index (κ3) is 2.42. The lowest BCUT2D eigenvalue weighted by Gasteiger charge is -2.20. The van der Waals surface area contributed by atoms with Crippen LogP contribution in [0.5, 0.6) is 0 Å². The molecule has 0 saturated heterocycles. The SMILES string of the molecule is Cc1nc(Br)c(C2CC2)nc1N[C@@H]1c2ccccc2C[C@@H]1O. The van der Waals surface area contributed by atoms with Gasteiger partial charge in [0, 0.05) is 12.3 Å². The molecule has 2 aliphatic rings. The summed E-state index contributed by atoms with van der Waals surface area (Å²) in [5.74, 6) is 1.31. The summed E-state index contributed by atoms with van der Waals surface area (Å²) >= 11 is 3.52. The van der Waals surface area contributed by atoms with Crippen LogP contribution in [0.1, 0.15) is 47.3 Å². The van der Waals surface area contributed by atoms with E-state index in [2.05, 4.69) is 38.4 Å². The Kier molecular flexibility index (Phi) is 3.42. The monoisotopic (exact) mass is 359 g/mol. The molecule has 1 heterocycles. The first-order valence-electron chi connectivity index (χ1n) is 7.70. The number of nitrogens with one attached hydrogen (secondary N) is 1. The van der Waals surface area contributed by atoms with Crippen molar-refractivity contribution in [3.63, 3.8) is 0 Å².